The van der Waals surface area contributed by atoms with Crippen LogP contribution in [0.3, 0.4) is 0 Å². The zero-order valence-electron chi connectivity index (χ0n) is 25.2. The van der Waals surface area contributed by atoms with Gasteiger partial charge < -0.3 is 9.36 Å². The van der Waals surface area contributed by atoms with E-state index in [4.69, 9.17) is 10.1 Å². The van der Waals surface area contributed by atoms with Crippen LogP contribution in [-0.2, 0) is 24.8 Å². The van der Waals surface area contributed by atoms with Crippen LogP contribution in [0.15, 0.2) is 59.8 Å². The van der Waals surface area contributed by atoms with Crippen LogP contribution in [0, 0.1) is 12.3 Å². The van der Waals surface area contributed by atoms with E-state index in [2.05, 4.69) is 79.2 Å². The molecule has 5 aromatic rings. The molecule has 1 unspecified atom stereocenters. The molecule has 3 aromatic heterocycles. The minimum atomic E-state index is -1.50. The molecule has 2 aromatic carbocycles. The largest absolute Gasteiger partial charge is 0.339 e. The van der Waals surface area contributed by atoms with Crippen LogP contribution in [-0.4, -0.2) is 37.6 Å². The van der Waals surface area contributed by atoms with Crippen LogP contribution in [0.25, 0.3) is 49.9 Å². The van der Waals surface area contributed by atoms with Crippen LogP contribution in [0.2, 0.25) is 0 Å². The second kappa shape index (κ2) is 9.68. The number of fused-ring (bicyclic) bond motifs is 1. The second-order valence-electron chi connectivity index (χ2n) is 13.1. The fourth-order valence-electron chi connectivity index (χ4n) is 7.15. The number of aromatic nitrogens is 4. The van der Waals surface area contributed by atoms with Crippen molar-refractivity contribution < 1.29 is 4.79 Å². The summed E-state index contributed by atoms with van der Waals surface area (Å²) in [5, 5.41) is 13.9. The van der Waals surface area contributed by atoms with E-state index in [1.807, 2.05) is 24.1 Å². The molecule has 216 valence electrons. The first kappa shape index (κ1) is 27.2. The summed E-state index contributed by atoms with van der Waals surface area (Å²) in [5.74, 6) is 0.921. The predicted octanol–water partition coefficient (Wildman–Crippen LogP) is 7.58. The Balaban J connectivity index is 1.47. The van der Waals surface area contributed by atoms with Crippen LogP contribution >= 0.6 is 10.2 Å². The van der Waals surface area contributed by atoms with Gasteiger partial charge in [0.1, 0.15) is 6.29 Å². The summed E-state index contributed by atoms with van der Waals surface area (Å²) in [7, 11) is 0.464. The number of rotatable bonds is 5. The zero-order chi connectivity index (χ0) is 29.4. The Bertz CT molecular complexity index is 1940. The Hall–Kier alpha value is -3.68. The Morgan fingerprint density at radius 1 is 1.14 bits per heavy atom. The highest BCUT2D eigenvalue weighted by Gasteiger charge is 2.34. The highest BCUT2D eigenvalue weighted by atomic mass is 32.3. The van der Waals surface area contributed by atoms with Gasteiger partial charge in [0, 0.05) is 64.5 Å². The summed E-state index contributed by atoms with van der Waals surface area (Å²) in [4.78, 5) is 18.1. The normalized spacial score (nSPS) is 21.3. The number of nitrogens with zero attached hydrogens (tertiary/aromatic N) is 4. The van der Waals surface area contributed by atoms with Crippen molar-refractivity contribution in [2.45, 2.75) is 57.9 Å². The molecule has 2 aliphatic rings. The molecule has 6 nitrogen and oxygen atoms in total. The Morgan fingerprint density at radius 2 is 1.98 bits per heavy atom. The van der Waals surface area contributed by atoms with Crippen LogP contribution in [0.5, 0.6) is 0 Å². The number of aryl methyl sites for hydroxylation is 2. The van der Waals surface area contributed by atoms with Gasteiger partial charge in [-0.05, 0) is 90.5 Å². The van der Waals surface area contributed by atoms with Gasteiger partial charge in [-0.15, -0.1) is 0 Å². The van der Waals surface area contributed by atoms with Gasteiger partial charge in [-0.3, -0.25) is 14.8 Å². The van der Waals surface area contributed by atoms with E-state index in [0.717, 1.165) is 71.1 Å². The number of nitrogens with two attached hydrogens (primary N) is 1. The number of benzene rings is 2. The molecule has 0 radical (unpaired) electrons. The van der Waals surface area contributed by atoms with Gasteiger partial charge in [0.15, 0.2) is 0 Å². The maximum absolute atomic E-state index is 12.1. The third-order valence-electron chi connectivity index (χ3n) is 9.56. The summed E-state index contributed by atoms with van der Waals surface area (Å²) in [6.07, 6.45) is 13.2. The van der Waals surface area contributed by atoms with Crippen LogP contribution < -0.4 is 5.14 Å². The zero-order valence-corrected chi connectivity index (χ0v) is 26.0. The molecule has 0 saturated heterocycles. The van der Waals surface area contributed by atoms with Crippen LogP contribution in [0.4, 0.5) is 0 Å². The molecular formula is C35H39N5OS. The Labute approximate surface area is 249 Å². The minimum absolute atomic E-state index is 0.303. The van der Waals surface area contributed by atoms with E-state index < -0.39 is 10.2 Å². The van der Waals surface area contributed by atoms with Gasteiger partial charge in [-0.25, -0.2) is 0 Å². The van der Waals surface area contributed by atoms with Crippen LogP contribution in [0.1, 0.15) is 49.8 Å². The van der Waals surface area contributed by atoms with E-state index >= 15 is 0 Å². The van der Waals surface area contributed by atoms with Gasteiger partial charge in [0.2, 0.25) is 0 Å². The number of hydrogen-bond acceptors (Lipinski definition) is 4. The highest BCUT2D eigenvalue weighted by Crippen LogP contribution is 2.57. The first-order valence-corrected chi connectivity index (χ1v) is 17.1. The number of carbonyl (C=O) groups excluding carboxylic acids is 1. The average molecular weight is 578 g/mol. The van der Waals surface area contributed by atoms with Crippen molar-refractivity contribution in [2.24, 2.45) is 17.6 Å². The number of pyridine rings is 1. The first-order valence-electron chi connectivity index (χ1n) is 14.8. The van der Waals surface area contributed by atoms with Gasteiger partial charge in [-0.2, -0.15) is 15.3 Å². The number of aldehydes is 1. The molecule has 1 aliphatic carbocycles. The van der Waals surface area contributed by atoms with E-state index in [1.165, 1.54) is 38.2 Å². The molecule has 4 heterocycles. The smallest absolute Gasteiger partial charge is 0.124 e. The lowest BCUT2D eigenvalue weighted by molar-refractivity contribution is -0.107. The van der Waals surface area contributed by atoms with Crippen molar-refractivity contribution in [3.8, 4) is 22.5 Å². The molecule has 0 saturated carbocycles. The molecule has 1 aliphatic heterocycles. The van der Waals surface area contributed by atoms with Gasteiger partial charge >= 0.3 is 0 Å². The average Bonchev–Trinajstić information content (AvgIpc) is 3.53. The Kier molecular flexibility index (Phi) is 6.26. The van der Waals surface area contributed by atoms with E-state index in [0.29, 0.717) is 11.8 Å². The number of hydrogen-bond donors (Lipinski definition) is 1. The van der Waals surface area contributed by atoms with E-state index in [9.17, 15) is 4.79 Å². The summed E-state index contributed by atoms with van der Waals surface area (Å²) in [5.41, 5.74) is 12.0. The van der Waals surface area contributed by atoms with Crippen molar-refractivity contribution in [1.29, 1.82) is 0 Å². The fourth-order valence-corrected chi connectivity index (χ4v) is 9.40. The molecule has 0 amide bonds. The highest BCUT2D eigenvalue weighted by molar-refractivity contribution is 8.31. The molecule has 7 rings (SSSR count). The fraction of sp³-hybridized carbons (Fsp3) is 0.343. The predicted molar refractivity (Wildman–Crippen MR) is 176 cm³/mol. The van der Waals surface area contributed by atoms with Crippen molar-refractivity contribution in [3.63, 3.8) is 0 Å². The lowest BCUT2D eigenvalue weighted by Gasteiger charge is -2.40. The SMILES string of the molecule is Cc1c(CC=O)c(C2=CCC(C)(C)CC2)c2cc(-c3ccnc(-c4ccc5c(cnn5C)c4)c3)n3c2c1S(C)(N)CC3. The lowest BCUT2D eigenvalue weighted by atomic mass is 9.75. The monoisotopic (exact) mass is 577 g/mol. The molecule has 1 atom stereocenters. The molecule has 0 spiro atoms. The van der Waals surface area contributed by atoms with Crippen molar-refractivity contribution in [1.82, 2.24) is 19.3 Å². The summed E-state index contributed by atoms with van der Waals surface area (Å²) < 4.78 is 4.38. The minimum Gasteiger partial charge on any atom is -0.339 e. The molecule has 7 heteroatoms. The van der Waals surface area contributed by atoms with Crippen molar-refractivity contribution in [2.75, 3.05) is 12.0 Å². The first-order chi connectivity index (χ1) is 20.1. The second-order valence-corrected chi connectivity index (χ2v) is 16.2. The molecule has 0 bridgehead atoms. The summed E-state index contributed by atoms with van der Waals surface area (Å²) in [6.45, 7) is 7.77. The van der Waals surface area contributed by atoms with E-state index in [1.54, 1.807) is 0 Å². The van der Waals surface area contributed by atoms with Crippen molar-refractivity contribution in [3.05, 3.63) is 71.6 Å². The quantitative estimate of drug-likeness (QED) is 0.218. The number of allylic oxidation sites excluding steroid dienone is 2. The van der Waals surface area contributed by atoms with Crippen molar-refractivity contribution >= 4 is 43.9 Å². The third-order valence-corrected chi connectivity index (χ3v) is 12.0. The summed E-state index contributed by atoms with van der Waals surface area (Å²) >= 11 is 0. The maximum atomic E-state index is 12.1. The third kappa shape index (κ3) is 4.24. The van der Waals surface area contributed by atoms with Gasteiger partial charge in [-0.1, -0.05) is 26.0 Å². The molecule has 0 fully saturated rings. The van der Waals surface area contributed by atoms with Gasteiger partial charge in [0.05, 0.1) is 22.9 Å². The number of carbonyl (C=O) groups is 1. The van der Waals surface area contributed by atoms with Gasteiger partial charge in [0.25, 0.3) is 0 Å². The standard InChI is InChI=1S/C35H39N5OS/c1-22-27(11-16-41)32(23-8-12-35(2,3)13-9-23)28-20-31(40-15-17-42(5,36)34(22)33(28)40)25-10-14-37-29(19-25)24-6-7-30-26(18-24)21-38-39(30)4/h6-8,10,14,16,18-21H,9,11-13,15,17,36H2,1-5H3. The topological polar surface area (TPSA) is 78.7 Å². The summed E-state index contributed by atoms with van der Waals surface area (Å²) in [6, 6.07) is 13.1. The lowest BCUT2D eigenvalue weighted by Crippen LogP contribution is -2.25. The molecular weight excluding hydrogens is 538 g/mol. The maximum Gasteiger partial charge on any atom is 0.124 e. The molecule has 42 heavy (non-hydrogen) atoms. The van der Waals surface area contributed by atoms with E-state index in [-0.39, 0.29) is 0 Å². The Morgan fingerprint density at radius 3 is 2.74 bits per heavy atom. The molecule has 2 N–H and O–H groups in total.